The first-order valence-corrected chi connectivity index (χ1v) is 6.29. The first-order valence-electron chi connectivity index (χ1n) is 5.12. The van der Waals surface area contributed by atoms with Gasteiger partial charge in [0, 0.05) is 17.6 Å². The van der Waals surface area contributed by atoms with Crippen molar-refractivity contribution in [3.05, 3.63) is 32.8 Å². The summed E-state index contributed by atoms with van der Waals surface area (Å²) < 4.78 is 37.7. The third kappa shape index (κ3) is 2.49. The summed E-state index contributed by atoms with van der Waals surface area (Å²) >= 11 is 9.24. The van der Waals surface area contributed by atoms with Crippen LogP contribution in [0.5, 0.6) is 0 Å². The highest BCUT2D eigenvalue weighted by Gasteiger charge is 2.43. The molecule has 0 unspecified atom stereocenters. The molecular weight excluding hydrogens is 334 g/mol. The predicted molar refractivity (Wildman–Crippen MR) is 64.3 cm³/mol. The van der Waals surface area contributed by atoms with Crippen molar-refractivity contribution in [2.24, 2.45) is 0 Å². The lowest BCUT2D eigenvalue weighted by atomic mass is 10.00. The zero-order chi connectivity index (χ0) is 13.5. The van der Waals surface area contributed by atoms with Gasteiger partial charge in [-0.15, -0.1) is 0 Å². The molecule has 98 valence electrons. The van der Waals surface area contributed by atoms with Crippen molar-refractivity contribution >= 4 is 33.4 Å². The number of amides is 1. The topological polar surface area (TPSA) is 20.3 Å². The van der Waals surface area contributed by atoms with E-state index < -0.39 is 12.1 Å². The van der Waals surface area contributed by atoms with Crippen molar-refractivity contribution < 1.29 is 18.0 Å². The van der Waals surface area contributed by atoms with Gasteiger partial charge in [-0.2, -0.15) is 13.2 Å². The molecule has 0 fully saturated rings. The van der Waals surface area contributed by atoms with Crippen molar-refractivity contribution in [2.75, 3.05) is 6.54 Å². The second-order valence-corrected chi connectivity index (χ2v) is 5.21. The third-order valence-corrected chi connectivity index (χ3v) is 4.14. The van der Waals surface area contributed by atoms with Crippen LogP contribution in [0.4, 0.5) is 13.2 Å². The number of rotatable bonds is 0. The molecule has 0 saturated carbocycles. The Hall–Kier alpha value is -0.750. The van der Waals surface area contributed by atoms with Crippen LogP contribution in [-0.4, -0.2) is 23.5 Å². The Balaban J connectivity index is 2.30. The van der Waals surface area contributed by atoms with Gasteiger partial charge in [0.2, 0.25) is 0 Å². The van der Waals surface area contributed by atoms with Gasteiger partial charge < -0.3 is 4.90 Å². The summed E-state index contributed by atoms with van der Waals surface area (Å²) in [5, 5.41) is 0.368. The molecule has 0 bridgehead atoms. The van der Waals surface area contributed by atoms with Crippen LogP contribution in [0.2, 0.25) is 5.02 Å². The Morgan fingerprint density at radius 2 is 2.06 bits per heavy atom. The number of nitrogens with zero attached hydrogens (tertiary/aromatic N) is 1. The average molecular weight is 343 g/mol. The quantitative estimate of drug-likeness (QED) is 0.706. The van der Waals surface area contributed by atoms with Gasteiger partial charge in [0.05, 0.1) is 5.02 Å². The maximum atomic E-state index is 12.4. The van der Waals surface area contributed by atoms with E-state index in [4.69, 9.17) is 11.6 Å². The minimum absolute atomic E-state index is 0.0588. The molecule has 0 spiro atoms. The molecule has 2 nitrogen and oxygen atoms in total. The molecule has 0 saturated heterocycles. The Bertz CT molecular complexity index is 504. The second kappa shape index (κ2) is 4.74. The van der Waals surface area contributed by atoms with Crippen LogP contribution in [0.25, 0.3) is 0 Å². The summed E-state index contributed by atoms with van der Waals surface area (Å²) in [6, 6.07) is 3.56. The average Bonchev–Trinajstić information content (AvgIpc) is 2.31. The lowest BCUT2D eigenvalue weighted by Crippen LogP contribution is -2.43. The van der Waals surface area contributed by atoms with Crippen LogP contribution in [0.1, 0.15) is 11.1 Å². The molecule has 1 heterocycles. The molecule has 1 aromatic carbocycles. The molecule has 7 heteroatoms. The SMILES string of the molecule is O=C(N1CCc2ccc(Br)c(Cl)c2C1)C(F)(F)F. The van der Waals surface area contributed by atoms with E-state index in [-0.39, 0.29) is 13.1 Å². The molecule has 0 atom stereocenters. The zero-order valence-electron chi connectivity index (χ0n) is 9.02. The minimum atomic E-state index is -4.84. The van der Waals surface area contributed by atoms with E-state index in [0.29, 0.717) is 21.5 Å². The fraction of sp³-hybridized carbons (Fsp3) is 0.364. The summed E-state index contributed by atoms with van der Waals surface area (Å²) in [5.41, 5.74) is 1.46. The van der Waals surface area contributed by atoms with Gasteiger partial charge in [0.25, 0.3) is 0 Å². The van der Waals surface area contributed by atoms with Crippen molar-refractivity contribution in [1.82, 2.24) is 4.90 Å². The van der Waals surface area contributed by atoms with Crippen LogP contribution in [0.15, 0.2) is 16.6 Å². The lowest BCUT2D eigenvalue weighted by Gasteiger charge is -2.30. The van der Waals surface area contributed by atoms with Crippen LogP contribution in [0.3, 0.4) is 0 Å². The fourth-order valence-electron chi connectivity index (χ4n) is 1.92. The third-order valence-electron chi connectivity index (χ3n) is 2.82. The molecule has 0 aromatic heterocycles. The van der Waals surface area contributed by atoms with Crippen LogP contribution in [-0.2, 0) is 17.8 Å². The largest absolute Gasteiger partial charge is 0.471 e. The number of fused-ring (bicyclic) bond motifs is 1. The van der Waals surface area contributed by atoms with Gasteiger partial charge in [0.15, 0.2) is 0 Å². The normalized spacial score (nSPS) is 15.5. The number of carbonyl (C=O) groups excluding carboxylic acids is 1. The predicted octanol–water partition coefficient (Wildman–Crippen LogP) is 3.55. The Kier molecular flexibility index (Phi) is 3.60. The highest BCUT2D eigenvalue weighted by atomic mass is 79.9. The molecular formula is C11H8BrClF3NO. The van der Waals surface area contributed by atoms with E-state index >= 15 is 0 Å². The van der Waals surface area contributed by atoms with Crippen LogP contribution >= 0.6 is 27.5 Å². The smallest absolute Gasteiger partial charge is 0.330 e. The summed E-state index contributed by atoms with van der Waals surface area (Å²) in [6.07, 6.45) is -4.46. The monoisotopic (exact) mass is 341 g/mol. The molecule has 1 aliphatic rings. The zero-order valence-corrected chi connectivity index (χ0v) is 11.4. The number of hydrogen-bond acceptors (Lipinski definition) is 1. The number of carbonyl (C=O) groups is 1. The molecule has 1 aromatic rings. The summed E-state index contributed by atoms with van der Waals surface area (Å²) in [6.45, 7) is -0.0464. The molecule has 0 N–H and O–H groups in total. The Labute approximate surface area is 115 Å². The minimum Gasteiger partial charge on any atom is -0.330 e. The Morgan fingerprint density at radius 1 is 1.39 bits per heavy atom. The molecule has 0 aliphatic carbocycles. The van der Waals surface area contributed by atoms with Gasteiger partial charge in [0.1, 0.15) is 0 Å². The highest BCUT2D eigenvalue weighted by molar-refractivity contribution is 9.10. The molecule has 18 heavy (non-hydrogen) atoms. The molecule has 2 rings (SSSR count). The number of halogens is 5. The summed E-state index contributed by atoms with van der Waals surface area (Å²) in [7, 11) is 0. The van der Waals surface area contributed by atoms with E-state index in [9.17, 15) is 18.0 Å². The highest BCUT2D eigenvalue weighted by Crippen LogP contribution is 2.33. The Morgan fingerprint density at radius 3 is 2.67 bits per heavy atom. The van der Waals surface area contributed by atoms with Gasteiger partial charge in [-0.1, -0.05) is 17.7 Å². The molecule has 1 amide bonds. The van der Waals surface area contributed by atoms with E-state index in [1.165, 1.54) is 0 Å². The maximum Gasteiger partial charge on any atom is 0.471 e. The standard InChI is InChI=1S/C11H8BrClF3NO/c12-8-2-1-6-3-4-17(5-7(6)9(8)13)10(18)11(14,15)16/h1-2H,3-5H2. The van der Waals surface area contributed by atoms with Gasteiger partial charge in [-0.05, 0) is 39.5 Å². The number of hydrogen-bond donors (Lipinski definition) is 0. The van der Waals surface area contributed by atoms with Crippen molar-refractivity contribution in [3.8, 4) is 0 Å². The molecule has 1 aliphatic heterocycles. The fourth-order valence-corrected chi connectivity index (χ4v) is 2.53. The van der Waals surface area contributed by atoms with Gasteiger partial charge in [-0.25, -0.2) is 0 Å². The first-order chi connectivity index (χ1) is 8.30. The van der Waals surface area contributed by atoms with Crippen LogP contribution < -0.4 is 0 Å². The summed E-state index contributed by atoms with van der Waals surface area (Å²) in [5.74, 6) is -1.82. The van der Waals surface area contributed by atoms with Gasteiger partial charge in [-0.3, -0.25) is 4.79 Å². The van der Waals surface area contributed by atoms with Crippen molar-refractivity contribution in [2.45, 2.75) is 19.1 Å². The van der Waals surface area contributed by atoms with Crippen LogP contribution in [0, 0.1) is 0 Å². The van der Waals surface area contributed by atoms with Gasteiger partial charge >= 0.3 is 12.1 Å². The maximum absolute atomic E-state index is 12.4. The van der Waals surface area contributed by atoms with E-state index in [1.54, 1.807) is 12.1 Å². The number of alkyl halides is 3. The van der Waals surface area contributed by atoms with E-state index in [0.717, 1.165) is 10.5 Å². The molecule has 0 radical (unpaired) electrons. The summed E-state index contributed by atoms with van der Waals surface area (Å²) in [4.78, 5) is 12.0. The van der Waals surface area contributed by atoms with E-state index in [2.05, 4.69) is 15.9 Å². The lowest BCUT2D eigenvalue weighted by molar-refractivity contribution is -0.186. The number of benzene rings is 1. The van der Waals surface area contributed by atoms with E-state index in [1.807, 2.05) is 0 Å². The first kappa shape index (κ1) is 13.7. The van der Waals surface area contributed by atoms with Crippen molar-refractivity contribution in [1.29, 1.82) is 0 Å². The van der Waals surface area contributed by atoms with Crippen molar-refractivity contribution in [3.63, 3.8) is 0 Å². The second-order valence-electron chi connectivity index (χ2n) is 3.97.